The van der Waals surface area contributed by atoms with E-state index in [9.17, 15) is 9.59 Å². The van der Waals surface area contributed by atoms with E-state index in [2.05, 4.69) is 31.9 Å². The summed E-state index contributed by atoms with van der Waals surface area (Å²) in [5.74, 6) is 0.113. The van der Waals surface area contributed by atoms with E-state index in [1.807, 2.05) is 25.1 Å². The highest BCUT2D eigenvalue weighted by molar-refractivity contribution is 9.10. The Hall–Kier alpha value is -3.23. The van der Waals surface area contributed by atoms with Crippen LogP contribution in [0.3, 0.4) is 0 Å². The van der Waals surface area contributed by atoms with Gasteiger partial charge in [-0.05, 0) is 89.2 Å². The molecular formula is C23H20BrN3O3S. The van der Waals surface area contributed by atoms with Crippen LogP contribution in [0.1, 0.15) is 26.3 Å². The Kier molecular flexibility index (Phi) is 7.38. The van der Waals surface area contributed by atoms with E-state index < -0.39 is 0 Å². The van der Waals surface area contributed by atoms with Crippen LogP contribution in [0.5, 0.6) is 5.75 Å². The quantitative estimate of drug-likeness (QED) is 0.425. The molecule has 0 heterocycles. The molecule has 31 heavy (non-hydrogen) atoms. The third-order valence-electron chi connectivity index (χ3n) is 4.43. The van der Waals surface area contributed by atoms with Gasteiger partial charge >= 0.3 is 0 Å². The number of amides is 2. The number of aryl methyl sites for hydroxylation is 1. The summed E-state index contributed by atoms with van der Waals surface area (Å²) >= 11 is 8.58. The smallest absolute Gasteiger partial charge is 0.257 e. The van der Waals surface area contributed by atoms with Gasteiger partial charge in [0.25, 0.3) is 11.8 Å². The van der Waals surface area contributed by atoms with Crippen molar-refractivity contribution in [1.82, 2.24) is 5.32 Å². The molecule has 8 heteroatoms. The van der Waals surface area contributed by atoms with Gasteiger partial charge in [-0.1, -0.05) is 18.2 Å². The molecule has 3 N–H and O–H groups in total. The summed E-state index contributed by atoms with van der Waals surface area (Å²) in [7, 11) is 1.55. The van der Waals surface area contributed by atoms with E-state index in [0.29, 0.717) is 32.7 Å². The van der Waals surface area contributed by atoms with Crippen LogP contribution in [0.25, 0.3) is 0 Å². The van der Waals surface area contributed by atoms with Crippen molar-refractivity contribution < 1.29 is 14.3 Å². The Balaban J connectivity index is 1.57. The van der Waals surface area contributed by atoms with E-state index in [4.69, 9.17) is 17.0 Å². The number of methoxy groups -OCH3 is 1. The second kappa shape index (κ2) is 10.2. The number of benzene rings is 3. The lowest BCUT2D eigenvalue weighted by Crippen LogP contribution is -2.34. The van der Waals surface area contributed by atoms with Gasteiger partial charge in [-0.3, -0.25) is 14.9 Å². The Bertz CT molecular complexity index is 1130. The van der Waals surface area contributed by atoms with Crippen LogP contribution in [-0.4, -0.2) is 24.0 Å². The second-order valence-electron chi connectivity index (χ2n) is 6.60. The first kappa shape index (κ1) is 22.5. The van der Waals surface area contributed by atoms with Gasteiger partial charge in [-0.2, -0.15) is 0 Å². The molecular weight excluding hydrogens is 478 g/mol. The lowest BCUT2D eigenvalue weighted by Gasteiger charge is -2.12. The van der Waals surface area contributed by atoms with Gasteiger partial charge in [0.05, 0.1) is 11.6 Å². The molecule has 0 saturated heterocycles. The third-order valence-corrected chi connectivity index (χ3v) is 5.26. The van der Waals surface area contributed by atoms with E-state index in [1.165, 1.54) is 0 Å². The van der Waals surface area contributed by atoms with E-state index in [-0.39, 0.29) is 16.9 Å². The summed E-state index contributed by atoms with van der Waals surface area (Å²) in [6, 6.07) is 19.4. The zero-order valence-corrected chi connectivity index (χ0v) is 19.3. The SMILES string of the molecule is COc1ccc(C(=O)NC(=S)Nc2ccc(NC(=O)c3ccccc3C)cc2)cc1Br. The minimum Gasteiger partial charge on any atom is -0.496 e. The molecule has 3 aromatic carbocycles. The van der Waals surface area contributed by atoms with Crippen molar-refractivity contribution in [3.05, 3.63) is 87.9 Å². The largest absolute Gasteiger partial charge is 0.496 e. The molecule has 0 aliphatic heterocycles. The van der Waals surface area contributed by atoms with Crippen molar-refractivity contribution >= 4 is 56.4 Å². The van der Waals surface area contributed by atoms with Gasteiger partial charge in [0.1, 0.15) is 5.75 Å². The van der Waals surface area contributed by atoms with E-state index in [1.54, 1.807) is 55.6 Å². The Morgan fingerprint density at radius 1 is 0.903 bits per heavy atom. The molecule has 3 rings (SSSR count). The zero-order chi connectivity index (χ0) is 22.4. The summed E-state index contributed by atoms with van der Waals surface area (Å²) < 4.78 is 5.83. The second-order valence-corrected chi connectivity index (χ2v) is 7.87. The molecule has 3 aromatic rings. The summed E-state index contributed by atoms with van der Waals surface area (Å²) in [5, 5.41) is 8.61. The van der Waals surface area contributed by atoms with Gasteiger partial charge in [-0.25, -0.2) is 0 Å². The number of ether oxygens (including phenoxy) is 1. The molecule has 0 atom stereocenters. The number of carbonyl (C=O) groups excluding carboxylic acids is 2. The fraction of sp³-hybridized carbons (Fsp3) is 0.0870. The van der Waals surface area contributed by atoms with Crippen LogP contribution in [0.2, 0.25) is 0 Å². The third kappa shape index (κ3) is 5.90. The number of carbonyl (C=O) groups is 2. The summed E-state index contributed by atoms with van der Waals surface area (Å²) in [6.07, 6.45) is 0. The predicted octanol–water partition coefficient (Wildman–Crippen LogP) is 5.15. The first-order valence-corrected chi connectivity index (χ1v) is 10.5. The minimum absolute atomic E-state index is 0.161. The molecule has 6 nitrogen and oxygen atoms in total. The van der Waals surface area contributed by atoms with Gasteiger partial charge < -0.3 is 15.4 Å². The summed E-state index contributed by atoms with van der Waals surface area (Å²) in [4.78, 5) is 24.8. The average molecular weight is 498 g/mol. The van der Waals surface area contributed by atoms with Gasteiger partial charge in [0.15, 0.2) is 5.11 Å². The van der Waals surface area contributed by atoms with Crippen LogP contribution in [0, 0.1) is 6.92 Å². The molecule has 158 valence electrons. The highest BCUT2D eigenvalue weighted by atomic mass is 79.9. The van der Waals surface area contributed by atoms with Crippen LogP contribution in [-0.2, 0) is 0 Å². The lowest BCUT2D eigenvalue weighted by atomic mass is 10.1. The predicted molar refractivity (Wildman–Crippen MR) is 130 cm³/mol. The fourth-order valence-electron chi connectivity index (χ4n) is 2.81. The maximum absolute atomic E-state index is 12.4. The number of hydrogen-bond acceptors (Lipinski definition) is 4. The monoisotopic (exact) mass is 497 g/mol. The van der Waals surface area contributed by atoms with Crippen molar-refractivity contribution in [2.45, 2.75) is 6.92 Å². The van der Waals surface area contributed by atoms with Gasteiger partial charge in [0, 0.05) is 22.5 Å². The first-order chi connectivity index (χ1) is 14.9. The van der Waals surface area contributed by atoms with Gasteiger partial charge in [-0.15, -0.1) is 0 Å². The zero-order valence-electron chi connectivity index (χ0n) is 16.9. The maximum atomic E-state index is 12.4. The van der Waals surface area contributed by atoms with Crippen molar-refractivity contribution in [2.75, 3.05) is 17.7 Å². The van der Waals surface area contributed by atoms with Crippen molar-refractivity contribution in [3.63, 3.8) is 0 Å². The number of halogens is 1. The van der Waals surface area contributed by atoms with E-state index >= 15 is 0 Å². The van der Waals surface area contributed by atoms with E-state index in [0.717, 1.165) is 5.56 Å². The Morgan fingerprint density at radius 2 is 1.55 bits per heavy atom. The molecule has 0 fully saturated rings. The van der Waals surface area contributed by atoms with Crippen molar-refractivity contribution in [1.29, 1.82) is 0 Å². The minimum atomic E-state index is -0.344. The van der Waals surface area contributed by atoms with Crippen LogP contribution < -0.4 is 20.7 Å². The molecule has 0 aliphatic rings. The number of rotatable bonds is 5. The topological polar surface area (TPSA) is 79.5 Å². The molecule has 0 bridgehead atoms. The number of hydrogen-bond donors (Lipinski definition) is 3. The summed E-state index contributed by atoms with van der Waals surface area (Å²) in [5.41, 5.74) is 3.29. The number of thiocarbonyl (C=S) groups is 1. The van der Waals surface area contributed by atoms with Crippen LogP contribution in [0.4, 0.5) is 11.4 Å². The standard InChI is InChI=1S/C23H20BrN3O3S/c1-14-5-3-4-6-18(14)22(29)25-16-8-10-17(11-9-16)26-23(31)27-21(28)15-7-12-20(30-2)19(24)13-15/h3-13H,1-2H3,(H,25,29)(H2,26,27,28,31). The molecule has 0 spiro atoms. The molecule has 0 aliphatic carbocycles. The van der Waals surface area contributed by atoms with Gasteiger partial charge in [0.2, 0.25) is 0 Å². The highest BCUT2D eigenvalue weighted by Crippen LogP contribution is 2.25. The van der Waals surface area contributed by atoms with Crippen molar-refractivity contribution in [3.8, 4) is 5.75 Å². The Labute approximate surface area is 194 Å². The lowest BCUT2D eigenvalue weighted by molar-refractivity contribution is 0.0976. The average Bonchev–Trinajstić information content (AvgIpc) is 2.75. The molecule has 2 amide bonds. The maximum Gasteiger partial charge on any atom is 0.257 e. The first-order valence-electron chi connectivity index (χ1n) is 9.30. The fourth-order valence-corrected chi connectivity index (χ4v) is 3.56. The highest BCUT2D eigenvalue weighted by Gasteiger charge is 2.11. The Morgan fingerprint density at radius 3 is 2.16 bits per heavy atom. The number of nitrogens with one attached hydrogen (secondary N) is 3. The van der Waals surface area contributed by atoms with Crippen molar-refractivity contribution in [2.24, 2.45) is 0 Å². The molecule has 0 unspecified atom stereocenters. The summed E-state index contributed by atoms with van der Waals surface area (Å²) in [6.45, 7) is 1.89. The molecule has 0 saturated carbocycles. The van der Waals surface area contributed by atoms with Crippen LogP contribution >= 0.6 is 28.1 Å². The number of anilines is 2. The normalized spacial score (nSPS) is 10.2. The molecule has 0 aromatic heterocycles. The van der Waals surface area contributed by atoms with Crippen LogP contribution in [0.15, 0.2) is 71.2 Å². The molecule has 0 radical (unpaired) electrons.